The van der Waals surface area contributed by atoms with E-state index in [9.17, 15) is 18.0 Å². The first-order valence-electron chi connectivity index (χ1n) is 10.2. The molecular formula is C22H28N4O5S. The van der Waals surface area contributed by atoms with Gasteiger partial charge in [0.2, 0.25) is 0 Å². The lowest BCUT2D eigenvalue weighted by atomic mass is 9.73. The Morgan fingerprint density at radius 3 is 2.28 bits per heavy atom. The predicted octanol–water partition coefficient (Wildman–Crippen LogP) is 1.71. The van der Waals surface area contributed by atoms with E-state index in [0.717, 1.165) is 12.6 Å². The van der Waals surface area contributed by atoms with Gasteiger partial charge in [-0.25, -0.2) is 9.10 Å². The van der Waals surface area contributed by atoms with E-state index in [1.165, 1.54) is 11.4 Å². The summed E-state index contributed by atoms with van der Waals surface area (Å²) in [5.74, 6) is 0.218. The molecule has 1 aliphatic heterocycles. The minimum Gasteiger partial charge on any atom is -0.496 e. The molecule has 1 aliphatic rings. The van der Waals surface area contributed by atoms with Crippen LogP contribution in [0.1, 0.15) is 28.8 Å². The first-order valence-corrected chi connectivity index (χ1v) is 11.6. The number of urea groups is 1. The number of rotatable bonds is 7. The van der Waals surface area contributed by atoms with Gasteiger partial charge in [0.1, 0.15) is 5.75 Å². The molecule has 1 heterocycles. The van der Waals surface area contributed by atoms with Crippen LogP contribution in [0.15, 0.2) is 54.6 Å². The van der Waals surface area contributed by atoms with E-state index in [0.29, 0.717) is 35.0 Å². The third kappa shape index (κ3) is 4.71. The zero-order valence-electron chi connectivity index (χ0n) is 18.2. The van der Waals surface area contributed by atoms with Crippen molar-refractivity contribution in [2.45, 2.75) is 18.3 Å². The standard InChI is InChI=1S/C22H28N4O5S/c1-25(21(23)28)32(29,30)26-14-12-22(13-15-26,17-8-4-3-5-9-17)16-24-20(27)18-10-6-7-11-19(18)31-2/h3-11H,12-16H2,1-2H3,(H2,23,28)(H,24,27). The maximum Gasteiger partial charge on any atom is 0.329 e. The third-order valence-corrected chi connectivity index (χ3v) is 7.88. The molecule has 1 saturated heterocycles. The average Bonchev–Trinajstić information content (AvgIpc) is 2.82. The number of piperidine rings is 1. The summed E-state index contributed by atoms with van der Waals surface area (Å²) >= 11 is 0. The summed E-state index contributed by atoms with van der Waals surface area (Å²) in [6, 6.07) is 15.7. The molecule has 0 aliphatic carbocycles. The van der Waals surface area contributed by atoms with Gasteiger partial charge in [0.05, 0.1) is 12.7 Å². The van der Waals surface area contributed by atoms with Gasteiger partial charge in [-0.2, -0.15) is 12.7 Å². The molecule has 9 nitrogen and oxygen atoms in total. The van der Waals surface area contributed by atoms with E-state index < -0.39 is 21.7 Å². The van der Waals surface area contributed by atoms with Crippen LogP contribution < -0.4 is 15.8 Å². The summed E-state index contributed by atoms with van der Waals surface area (Å²) in [6.07, 6.45) is 0.935. The molecule has 3 rings (SSSR count). The zero-order valence-corrected chi connectivity index (χ0v) is 19.0. The summed E-state index contributed by atoms with van der Waals surface area (Å²) in [4.78, 5) is 24.3. The van der Waals surface area contributed by atoms with Crippen molar-refractivity contribution in [1.82, 2.24) is 13.9 Å². The highest BCUT2D eigenvalue weighted by molar-refractivity contribution is 7.87. The Morgan fingerprint density at radius 1 is 1.09 bits per heavy atom. The van der Waals surface area contributed by atoms with Gasteiger partial charge in [-0.1, -0.05) is 42.5 Å². The van der Waals surface area contributed by atoms with Crippen molar-refractivity contribution in [1.29, 1.82) is 0 Å². The molecule has 0 radical (unpaired) electrons. The SMILES string of the molecule is COc1ccccc1C(=O)NCC1(c2ccccc2)CCN(S(=O)(=O)N(C)C(N)=O)CC1. The van der Waals surface area contributed by atoms with Crippen LogP contribution in [0.5, 0.6) is 5.75 Å². The van der Waals surface area contributed by atoms with Gasteiger partial charge in [0.25, 0.3) is 5.91 Å². The number of amides is 3. The van der Waals surface area contributed by atoms with Crippen LogP contribution in [0.4, 0.5) is 4.79 Å². The molecule has 2 aromatic carbocycles. The Balaban J connectivity index is 1.81. The smallest absolute Gasteiger partial charge is 0.329 e. The molecule has 2 aromatic rings. The number of hydrogen-bond donors (Lipinski definition) is 2. The summed E-state index contributed by atoms with van der Waals surface area (Å²) < 4.78 is 32.4. The molecule has 3 N–H and O–H groups in total. The summed E-state index contributed by atoms with van der Waals surface area (Å²) in [7, 11) is -1.33. The second-order valence-electron chi connectivity index (χ2n) is 7.74. The molecular weight excluding hydrogens is 432 g/mol. The van der Waals surface area contributed by atoms with Gasteiger partial charge >= 0.3 is 16.2 Å². The highest BCUT2D eigenvalue weighted by atomic mass is 32.2. The third-order valence-electron chi connectivity index (χ3n) is 5.99. The molecule has 0 bridgehead atoms. The zero-order chi connectivity index (χ0) is 23.4. The van der Waals surface area contributed by atoms with Crippen molar-refractivity contribution in [2.75, 3.05) is 33.8 Å². The molecule has 172 valence electrons. The van der Waals surface area contributed by atoms with Gasteiger partial charge < -0.3 is 15.8 Å². The maximum atomic E-state index is 12.9. The molecule has 0 unspecified atom stereocenters. The van der Waals surface area contributed by atoms with Crippen molar-refractivity contribution in [3.8, 4) is 5.75 Å². The van der Waals surface area contributed by atoms with Crippen molar-refractivity contribution >= 4 is 22.1 Å². The van der Waals surface area contributed by atoms with Crippen molar-refractivity contribution in [3.05, 3.63) is 65.7 Å². The second-order valence-corrected chi connectivity index (χ2v) is 9.70. The minimum atomic E-state index is -3.99. The molecule has 1 fully saturated rings. The molecule has 0 saturated carbocycles. The molecule has 3 amide bonds. The van der Waals surface area contributed by atoms with Gasteiger partial charge in [-0.3, -0.25) is 4.79 Å². The Bertz CT molecular complexity index is 1070. The van der Waals surface area contributed by atoms with Crippen LogP contribution in [0.25, 0.3) is 0 Å². The lowest BCUT2D eigenvalue weighted by Gasteiger charge is -2.42. The van der Waals surface area contributed by atoms with E-state index in [1.54, 1.807) is 24.3 Å². The van der Waals surface area contributed by atoms with E-state index in [1.807, 2.05) is 30.3 Å². The highest BCUT2D eigenvalue weighted by Crippen LogP contribution is 2.36. The number of primary amides is 1. The van der Waals surface area contributed by atoms with Crippen molar-refractivity contribution in [3.63, 3.8) is 0 Å². The number of methoxy groups -OCH3 is 1. The first kappa shape index (κ1) is 23.6. The Labute approximate surface area is 188 Å². The fourth-order valence-corrected chi connectivity index (χ4v) is 5.19. The Hall–Kier alpha value is -3.11. The molecule has 0 aromatic heterocycles. The molecule has 0 atom stereocenters. The van der Waals surface area contributed by atoms with Gasteiger partial charge in [0.15, 0.2) is 0 Å². The van der Waals surface area contributed by atoms with E-state index >= 15 is 0 Å². The van der Waals surface area contributed by atoms with Crippen LogP contribution in [0.2, 0.25) is 0 Å². The minimum absolute atomic E-state index is 0.194. The van der Waals surface area contributed by atoms with Crippen LogP contribution in [0.3, 0.4) is 0 Å². The number of ether oxygens (including phenoxy) is 1. The lowest BCUT2D eigenvalue weighted by Crippen LogP contribution is -2.54. The van der Waals surface area contributed by atoms with Gasteiger partial charge in [-0.15, -0.1) is 0 Å². The van der Waals surface area contributed by atoms with E-state index in [-0.39, 0.29) is 19.0 Å². The number of hydrogen-bond acceptors (Lipinski definition) is 5. The topological polar surface area (TPSA) is 122 Å². The summed E-state index contributed by atoms with van der Waals surface area (Å²) in [5.41, 5.74) is 6.14. The number of nitrogens with zero attached hydrogens (tertiary/aromatic N) is 2. The van der Waals surface area contributed by atoms with Crippen LogP contribution in [0, 0.1) is 0 Å². The molecule has 32 heavy (non-hydrogen) atoms. The molecule has 10 heteroatoms. The normalized spacial score (nSPS) is 16.2. The highest BCUT2D eigenvalue weighted by Gasteiger charge is 2.41. The van der Waals surface area contributed by atoms with Crippen molar-refractivity contribution in [2.24, 2.45) is 5.73 Å². The first-order chi connectivity index (χ1) is 15.2. The lowest BCUT2D eigenvalue weighted by molar-refractivity contribution is 0.0929. The average molecular weight is 461 g/mol. The largest absolute Gasteiger partial charge is 0.496 e. The number of carbonyl (C=O) groups excluding carboxylic acids is 2. The number of benzene rings is 2. The monoisotopic (exact) mass is 460 g/mol. The number of nitrogens with one attached hydrogen (secondary N) is 1. The number of carbonyl (C=O) groups is 2. The second kappa shape index (κ2) is 9.58. The summed E-state index contributed by atoms with van der Waals surface area (Å²) in [6.45, 7) is 0.714. The van der Waals surface area contributed by atoms with Crippen LogP contribution >= 0.6 is 0 Å². The van der Waals surface area contributed by atoms with Gasteiger partial charge in [-0.05, 0) is 30.5 Å². The van der Waals surface area contributed by atoms with Crippen molar-refractivity contribution < 1.29 is 22.7 Å². The fourth-order valence-electron chi connectivity index (χ4n) is 3.97. The quantitative estimate of drug-likeness (QED) is 0.651. The predicted molar refractivity (Wildman–Crippen MR) is 121 cm³/mol. The van der Waals surface area contributed by atoms with E-state index in [4.69, 9.17) is 10.5 Å². The Kier molecular flexibility index (Phi) is 7.05. The fraction of sp³-hybridized carbons (Fsp3) is 0.364. The Morgan fingerprint density at radius 2 is 1.69 bits per heavy atom. The van der Waals surface area contributed by atoms with Gasteiger partial charge in [0, 0.05) is 32.1 Å². The van der Waals surface area contributed by atoms with E-state index in [2.05, 4.69) is 5.32 Å². The number of nitrogens with two attached hydrogens (primary N) is 1. The number of para-hydroxylation sites is 1. The van der Waals surface area contributed by atoms with Crippen LogP contribution in [-0.2, 0) is 15.6 Å². The summed E-state index contributed by atoms with van der Waals surface area (Å²) in [5, 5.41) is 3.01. The maximum absolute atomic E-state index is 12.9. The van der Waals surface area contributed by atoms with Crippen LogP contribution in [-0.4, -0.2) is 62.8 Å². The molecule has 0 spiro atoms.